The maximum atomic E-state index is 10.7. The Balaban J connectivity index is 0. The minimum absolute atomic E-state index is 0. The number of carbonyl (C=O) groups excluding carboxylic acids is 2. The predicted octanol–water partition coefficient (Wildman–Crippen LogP) is 1.08. The molecule has 0 aromatic rings. The first kappa shape index (κ1) is 13.2. The average Bonchev–Trinajstić information content (AvgIpc) is 1.82. The minimum Gasteiger partial charge on any atom is -0.402 e. The van der Waals surface area contributed by atoms with Crippen molar-refractivity contribution in [1.29, 1.82) is 0 Å². The van der Waals surface area contributed by atoms with Crippen molar-refractivity contribution in [2.24, 2.45) is 0 Å². The van der Waals surface area contributed by atoms with Crippen molar-refractivity contribution in [3.63, 3.8) is 0 Å². The molecule has 0 atom stereocenters. The third kappa shape index (κ3) is 9.56. The second kappa shape index (κ2) is 7.66. The Hall–Kier alpha value is -0.440. The molecule has 0 N–H and O–H groups in total. The minimum atomic E-state index is -0.202. The first-order valence-corrected chi connectivity index (χ1v) is 2.88. The van der Waals surface area contributed by atoms with E-state index in [2.05, 4.69) is 6.08 Å². The maximum absolute atomic E-state index is 10.7. The van der Waals surface area contributed by atoms with E-state index in [0.29, 0.717) is 6.29 Å². The van der Waals surface area contributed by atoms with E-state index < -0.39 is 0 Å². The summed E-state index contributed by atoms with van der Waals surface area (Å²) in [7, 11) is 0. The predicted molar refractivity (Wildman–Crippen MR) is 38.3 cm³/mol. The molecule has 0 unspecified atom stereocenters. The van der Waals surface area contributed by atoms with Crippen LogP contribution in [-0.2, 0) is 32.0 Å². The van der Waals surface area contributed by atoms with E-state index in [1.165, 1.54) is 6.08 Å². The largest absolute Gasteiger partial charge is 1.00 e. The molecule has 64 valence electrons. The summed E-state index contributed by atoms with van der Waals surface area (Å²) in [6, 6.07) is 0. The van der Waals surface area contributed by atoms with Gasteiger partial charge in [-0.05, 0) is 13.8 Å². The molecular formula is C8H9AuO2. The monoisotopic (exact) mass is 334 g/mol. The molecule has 2 nitrogen and oxygen atoms in total. The van der Waals surface area contributed by atoms with E-state index in [1.807, 2.05) is 13.8 Å². The molecule has 0 aliphatic heterocycles. The molecule has 3 heteroatoms. The van der Waals surface area contributed by atoms with Gasteiger partial charge in [-0.1, -0.05) is 5.57 Å². The van der Waals surface area contributed by atoms with E-state index in [9.17, 15) is 9.59 Å². The van der Waals surface area contributed by atoms with E-state index in [0.717, 1.165) is 11.6 Å². The van der Waals surface area contributed by atoms with Crippen molar-refractivity contribution >= 4 is 12.1 Å². The number of rotatable bonds is 3. The Morgan fingerprint density at radius 2 is 1.91 bits per heavy atom. The van der Waals surface area contributed by atoms with E-state index in [4.69, 9.17) is 0 Å². The summed E-state index contributed by atoms with van der Waals surface area (Å²) in [5, 5.41) is 0. The van der Waals surface area contributed by atoms with Crippen molar-refractivity contribution in [3.8, 4) is 0 Å². The van der Waals surface area contributed by atoms with E-state index in [-0.39, 0.29) is 28.2 Å². The smallest absolute Gasteiger partial charge is 0.402 e. The number of ketones is 1. The van der Waals surface area contributed by atoms with Crippen LogP contribution in [0.4, 0.5) is 0 Å². The summed E-state index contributed by atoms with van der Waals surface area (Å²) in [5.41, 5.74) is 0.911. The van der Waals surface area contributed by atoms with Crippen LogP contribution < -0.4 is 0 Å². The number of hydrogen-bond donors (Lipinski definition) is 0. The SMILES string of the molecule is CC(C)=CC(=O)C=[C-]C=O.[Au+]. The van der Waals surface area contributed by atoms with Gasteiger partial charge in [0.05, 0.1) is 6.29 Å². The normalized spacial score (nSPS) is 8.55. The van der Waals surface area contributed by atoms with Crippen molar-refractivity contribution in [2.75, 3.05) is 0 Å². The zero-order valence-electron chi connectivity index (χ0n) is 6.35. The van der Waals surface area contributed by atoms with Gasteiger partial charge in [-0.15, -0.1) is 6.08 Å². The van der Waals surface area contributed by atoms with Crippen LogP contribution in [0, 0.1) is 6.08 Å². The fourth-order valence-corrected chi connectivity index (χ4v) is 0.442. The van der Waals surface area contributed by atoms with Crippen LogP contribution in [0.5, 0.6) is 0 Å². The van der Waals surface area contributed by atoms with Gasteiger partial charge in [0, 0.05) is 5.78 Å². The molecule has 0 fully saturated rings. The summed E-state index contributed by atoms with van der Waals surface area (Å²) in [5.74, 6) is -0.202. The molecule has 0 radical (unpaired) electrons. The molecule has 0 aliphatic carbocycles. The molecule has 0 amide bonds. The van der Waals surface area contributed by atoms with Crippen LogP contribution in [0.25, 0.3) is 0 Å². The van der Waals surface area contributed by atoms with E-state index >= 15 is 0 Å². The fourth-order valence-electron chi connectivity index (χ4n) is 0.442. The Labute approximate surface area is 81.9 Å². The number of allylic oxidation sites excluding steroid dienone is 4. The Bertz CT molecular complexity index is 188. The molecule has 11 heavy (non-hydrogen) atoms. The van der Waals surface area contributed by atoms with E-state index in [1.54, 1.807) is 0 Å². The molecule has 0 aromatic carbocycles. The molecule has 0 heterocycles. The quantitative estimate of drug-likeness (QED) is 0.335. The van der Waals surface area contributed by atoms with Crippen LogP contribution in [0.15, 0.2) is 17.7 Å². The van der Waals surface area contributed by atoms with Gasteiger partial charge in [0.25, 0.3) is 0 Å². The molecular weight excluding hydrogens is 325 g/mol. The molecule has 0 aliphatic rings. The summed E-state index contributed by atoms with van der Waals surface area (Å²) in [6.07, 6.45) is 5.16. The summed E-state index contributed by atoms with van der Waals surface area (Å²) in [6.45, 7) is 3.62. The van der Waals surface area contributed by atoms with Gasteiger partial charge in [0.2, 0.25) is 0 Å². The molecule has 0 bridgehead atoms. The van der Waals surface area contributed by atoms with Crippen molar-refractivity contribution in [2.45, 2.75) is 13.8 Å². The molecule has 0 aromatic heterocycles. The van der Waals surface area contributed by atoms with Crippen LogP contribution in [0.3, 0.4) is 0 Å². The standard InChI is InChI=1S/C8H9O2.Au/c1-7(2)6-8(10)4-3-5-9;/h4-6H,1-2H3;/q-1;+1. The van der Waals surface area contributed by atoms with Gasteiger partial charge < -0.3 is 9.59 Å². The topological polar surface area (TPSA) is 34.1 Å². The zero-order valence-corrected chi connectivity index (χ0v) is 8.52. The summed E-state index contributed by atoms with van der Waals surface area (Å²) < 4.78 is 0. The van der Waals surface area contributed by atoms with Crippen molar-refractivity contribution in [3.05, 3.63) is 23.8 Å². The number of carbonyl (C=O) groups is 2. The average molecular weight is 334 g/mol. The number of hydrogen-bond acceptors (Lipinski definition) is 2. The molecule has 0 saturated carbocycles. The Kier molecular flexibility index (Phi) is 9.18. The summed E-state index contributed by atoms with van der Waals surface area (Å²) in [4.78, 5) is 20.3. The van der Waals surface area contributed by atoms with Crippen LogP contribution >= 0.6 is 0 Å². The zero-order chi connectivity index (χ0) is 7.98. The fraction of sp³-hybridized carbons (Fsp3) is 0.250. The van der Waals surface area contributed by atoms with Gasteiger partial charge in [0.1, 0.15) is 0 Å². The van der Waals surface area contributed by atoms with Crippen LogP contribution in [-0.4, -0.2) is 12.1 Å². The van der Waals surface area contributed by atoms with Gasteiger partial charge in [-0.2, -0.15) is 6.08 Å². The third-order valence-electron chi connectivity index (χ3n) is 0.725. The van der Waals surface area contributed by atoms with Gasteiger partial charge in [-0.3, -0.25) is 0 Å². The Morgan fingerprint density at radius 3 is 2.27 bits per heavy atom. The molecule has 0 rings (SSSR count). The van der Waals surface area contributed by atoms with Crippen molar-refractivity contribution in [1.82, 2.24) is 0 Å². The second-order valence-corrected chi connectivity index (χ2v) is 2.05. The van der Waals surface area contributed by atoms with Gasteiger partial charge >= 0.3 is 22.4 Å². The Morgan fingerprint density at radius 1 is 1.36 bits per heavy atom. The number of aldehydes is 1. The van der Waals surface area contributed by atoms with Crippen LogP contribution in [0.1, 0.15) is 13.8 Å². The van der Waals surface area contributed by atoms with Crippen molar-refractivity contribution < 1.29 is 32.0 Å². The molecule has 0 saturated heterocycles. The maximum Gasteiger partial charge on any atom is 1.00 e. The van der Waals surface area contributed by atoms with Gasteiger partial charge in [-0.25, -0.2) is 6.08 Å². The first-order chi connectivity index (χ1) is 4.66. The van der Waals surface area contributed by atoms with Gasteiger partial charge in [0.15, 0.2) is 0 Å². The second-order valence-electron chi connectivity index (χ2n) is 2.05. The first-order valence-electron chi connectivity index (χ1n) is 2.88. The molecule has 0 spiro atoms. The summed E-state index contributed by atoms with van der Waals surface area (Å²) >= 11 is 0. The van der Waals surface area contributed by atoms with Crippen LogP contribution in [0.2, 0.25) is 0 Å². The third-order valence-corrected chi connectivity index (χ3v) is 0.725.